The Morgan fingerprint density at radius 3 is 2.73 bits per heavy atom. The quantitative estimate of drug-likeness (QED) is 0.406. The minimum atomic E-state index is -0.275. The van der Waals surface area contributed by atoms with Crippen LogP contribution in [0.2, 0.25) is 0 Å². The Morgan fingerprint density at radius 1 is 1.31 bits per heavy atom. The predicted octanol–water partition coefficient (Wildman–Crippen LogP) is 4.19. The minimum Gasteiger partial charge on any atom is -0.503 e. The van der Waals surface area contributed by atoms with Crippen LogP contribution in [-0.4, -0.2) is 30.4 Å². The van der Waals surface area contributed by atoms with Crippen molar-refractivity contribution in [3.05, 3.63) is 50.4 Å². The van der Waals surface area contributed by atoms with E-state index >= 15 is 0 Å². The van der Waals surface area contributed by atoms with Gasteiger partial charge in [-0.3, -0.25) is 4.79 Å². The van der Waals surface area contributed by atoms with Gasteiger partial charge in [-0.15, -0.1) is 0 Å². The van der Waals surface area contributed by atoms with Gasteiger partial charge in [-0.05, 0) is 63.4 Å². The molecule has 0 saturated heterocycles. The average Bonchev–Trinajstić information content (AvgIpc) is 2.63. The summed E-state index contributed by atoms with van der Waals surface area (Å²) in [6.45, 7) is 4.31. The summed E-state index contributed by atoms with van der Waals surface area (Å²) in [6, 6.07) is 9.35. The number of aromatic hydroxyl groups is 1. The lowest BCUT2D eigenvalue weighted by Gasteiger charge is -2.11. The van der Waals surface area contributed by atoms with Gasteiger partial charge >= 0.3 is 0 Å². The van der Waals surface area contributed by atoms with Gasteiger partial charge in [-0.1, -0.05) is 18.2 Å². The number of rotatable bonds is 7. The molecule has 26 heavy (non-hydrogen) atoms. The maximum absolute atomic E-state index is 11.9. The average molecular weight is 485 g/mol. The van der Waals surface area contributed by atoms with Crippen LogP contribution in [0.5, 0.6) is 11.5 Å². The zero-order valence-corrected chi connectivity index (χ0v) is 17.5. The number of phenols is 1. The Bertz CT molecular complexity index is 826. The van der Waals surface area contributed by atoms with E-state index in [2.05, 4.69) is 47.7 Å². The summed E-state index contributed by atoms with van der Waals surface area (Å²) in [5, 5.41) is 17.0. The molecule has 2 aromatic carbocycles. The summed E-state index contributed by atoms with van der Waals surface area (Å²) in [5.41, 5.74) is 5.07. The second-order valence-electron chi connectivity index (χ2n) is 5.34. The lowest BCUT2D eigenvalue weighted by molar-refractivity contribution is -0.119. The summed E-state index contributed by atoms with van der Waals surface area (Å²) >= 11 is 6.67. The number of hydrogen-bond acceptors (Lipinski definition) is 5. The van der Waals surface area contributed by atoms with E-state index in [1.807, 2.05) is 38.1 Å². The van der Waals surface area contributed by atoms with Gasteiger partial charge in [0.15, 0.2) is 11.5 Å². The number of carbonyl (C=O) groups is 1. The first-order chi connectivity index (χ1) is 12.4. The molecule has 6 nitrogen and oxygen atoms in total. The SMILES string of the molecule is CCOc1cc(/C=N\NC(=O)CNc2ccccc2C)c(Br)c(Br)c1O. The molecule has 0 unspecified atom stereocenters. The number of aryl methyl sites for hydroxylation is 1. The fraction of sp³-hybridized carbons (Fsp3) is 0.222. The van der Waals surface area contributed by atoms with Gasteiger partial charge in [-0.25, -0.2) is 5.43 Å². The van der Waals surface area contributed by atoms with Crippen LogP contribution in [0.3, 0.4) is 0 Å². The number of nitrogens with one attached hydrogen (secondary N) is 2. The Labute approximate surface area is 168 Å². The number of ether oxygens (including phenoxy) is 1. The molecule has 1 amide bonds. The van der Waals surface area contributed by atoms with Crippen molar-refractivity contribution in [2.45, 2.75) is 13.8 Å². The number of hydrazone groups is 1. The molecule has 0 aromatic heterocycles. The molecule has 138 valence electrons. The molecular formula is C18H19Br2N3O3. The van der Waals surface area contributed by atoms with Gasteiger partial charge in [0.2, 0.25) is 0 Å². The van der Waals surface area contributed by atoms with E-state index in [1.54, 1.807) is 6.07 Å². The van der Waals surface area contributed by atoms with E-state index < -0.39 is 0 Å². The fourth-order valence-corrected chi connectivity index (χ4v) is 2.96. The maximum atomic E-state index is 11.9. The second-order valence-corrected chi connectivity index (χ2v) is 6.92. The number of anilines is 1. The molecule has 0 aliphatic rings. The van der Waals surface area contributed by atoms with E-state index in [-0.39, 0.29) is 18.2 Å². The number of benzene rings is 2. The predicted molar refractivity (Wildman–Crippen MR) is 110 cm³/mol. The highest BCUT2D eigenvalue weighted by Crippen LogP contribution is 2.41. The molecule has 2 rings (SSSR count). The highest BCUT2D eigenvalue weighted by atomic mass is 79.9. The lowest BCUT2D eigenvalue weighted by atomic mass is 10.2. The third-order valence-corrected chi connectivity index (χ3v) is 5.61. The van der Waals surface area contributed by atoms with Crippen molar-refractivity contribution in [3.63, 3.8) is 0 Å². The zero-order valence-electron chi connectivity index (χ0n) is 14.3. The fourth-order valence-electron chi connectivity index (χ4n) is 2.13. The number of nitrogens with zero attached hydrogens (tertiary/aromatic N) is 1. The van der Waals surface area contributed by atoms with Gasteiger partial charge in [0.05, 0.1) is 23.8 Å². The minimum absolute atomic E-state index is 0.00217. The van der Waals surface area contributed by atoms with Crippen LogP contribution in [0, 0.1) is 6.92 Å². The lowest BCUT2D eigenvalue weighted by Crippen LogP contribution is -2.26. The van der Waals surface area contributed by atoms with Gasteiger partial charge in [0.1, 0.15) is 0 Å². The van der Waals surface area contributed by atoms with Crippen molar-refractivity contribution in [1.82, 2.24) is 5.43 Å². The highest BCUT2D eigenvalue weighted by molar-refractivity contribution is 9.13. The molecule has 8 heteroatoms. The van der Waals surface area contributed by atoms with Crippen molar-refractivity contribution >= 4 is 49.7 Å². The molecule has 0 radical (unpaired) electrons. The van der Waals surface area contributed by atoms with Crippen LogP contribution in [-0.2, 0) is 4.79 Å². The van der Waals surface area contributed by atoms with E-state index in [9.17, 15) is 9.90 Å². The molecule has 3 N–H and O–H groups in total. The first-order valence-electron chi connectivity index (χ1n) is 7.89. The van der Waals surface area contributed by atoms with Crippen LogP contribution in [0.25, 0.3) is 0 Å². The summed E-state index contributed by atoms with van der Waals surface area (Å²) in [5.74, 6) is 0.0578. The number of carbonyl (C=O) groups excluding carboxylic acids is 1. The smallest absolute Gasteiger partial charge is 0.259 e. The Balaban J connectivity index is 1.99. The summed E-state index contributed by atoms with van der Waals surface area (Å²) in [4.78, 5) is 11.9. The number of halogens is 2. The summed E-state index contributed by atoms with van der Waals surface area (Å²) in [6.07, 6.45) is 1.47. The normalized spacial score (nSPS) is 10.8. The van der Waals surface area contributed by atoms with Crippen molar-refractivity contribution < 1.29 is 14.6 Å². The number of phenolic OH excluding ortho intramolecular Hbond substituents is 1. The third-order valence-electron chi connectivity index (χ3n) is 3.45. The first-order valence-corrected chi connectivity index (χ1v) is 9.47. The van der Waals surface area contributed by atoms with Crippen molar-refractivity contribution in [2.24, 2.45) is 5.10 Å². The molecule has 0 fully saturated rings. The summed E-state index contributed by atoms with van der Waals surface area (Å²) < 4.78 is 6.44. The van der Waals surface area contributed by atoms with Crippen molar-refractivity contribution in [1.29, 1.82) is 0 Å². The molecule has 0 aliphatic carbocycles. The molecule has 2 aromatic rings. The molecule has 0 aliphatic heterocycles. The summed E-state index contributed by atoms with van der Waals surface area (Å²) in [7, 11) is 0. The van der Waals surface area contributed by atoms with E-state index in [0.29, 0.717) is 26.9 Å². The van der Waals surface area contributed by atoms with E-state index in [0.717, 1.165) is 11.3 Å². The van der Waals surface area contributed by atoms with Crippen LogP contribution in [0.1, 0.15) is 18.1 Å². The van der Waals surface area contributed by atoms with Gasteiger partial charge < -0.3 is 15.2 Å². The van der Waals surface area contributed by atoms with Crippen LogP contribution >= 0.6 is 31.9 Å². The Kier molecular flexibility index (Phi) is 7.47. The maximum Gasteiger partial charge on any atom is 0.259 e. The highest BCUT2D eigenvalue weighted by Gasteiger charge is 2.14. The largest absolute Gasteiger partial charge is 0.503 e. The van der Waals surface area contributed by atoms with Gasteiger partial charge in [0, 0.05) is 15.7 Å². The molecule has 0 saturated carbocycles. The molecule has 0 bridgehead atoms. The van der Waals surface area contributed by atoms with Crippen molar-refractivity contribution in [2.75, 3.05) is 18.5 Å². The van der Waals surface area contributed by atoms with Crippen LogP contribution < -0.4 is 15.5 Å². The van der Waals surface area contributed by atoms with Crippen LogP contribution in [0.15, 0.2) is 44.4 Å². The number of amides is 1. The van der Waals surface area contributed by atoms with Crippen LogP contribution in [0.4, 0.5) is 5.69 Å². The molecule has 0 heterocycles. The first kappa shape index (κ1) is 20.3. The standard InChI is InChI=1S/C18H19Br2N3O3/c1-3-26-14-8-12(16(19)17(20)18(14)25)9-22-23-15(24)10-21-13-7-5-4-6-11(13)2/h4-9,21,25H,3,10H2,1-2H3,(H,23,24)/b22-9-. The zero-order chi connectivity index (χ0) is 19.1. The third kappa shape index (κ3) is 5.22. The Hall–Kier alpha value is -2.06. The van der Waals surface area contributed by atoms with Crippen molar-refractivity contribution in [3.8, 4) is 11.5 Å². The molecular weight excluding hydrogens is 466 g/mol. The number of hydrogen-bond donors (Lipinski definition) is 3. The number of para-hydroxylation sites is 1. The molecule has 0 spiro atoms. The Morgan fingerprint density at radius 2 is 2.04 bits per heavy atom. The van der Waals surface area contributed by atoms with Gasteiger partial charge in [0.25, 0.3) is 5.91 Å². The monoisotopic (exact) mass is 483 g/mol. The molecule has 0 atom stereocenters. The van der Waals surface area contributed by atoms with Gasteiger partial charge in [-0.2, -0.15) is 5.10 Å². The topological polar surface area (TPSA) is 83.0 Å². The second kappa shape index (κ2) is 9.59. The van der Waals surface area contributed by atoms with E-state index in [4.69, 9.17) is 4.74 Å². The van der Waals surface area contributed by atoms with E-state index in [1.165, 1.54) is 6.21 Å².